The molecule has 4 nitrogen and oxygen atoms in total. The average Bonchev–Trinajstić information content (AvgIpc) is 2.07. The fraction of sp³-hybridized carbons (Fsp3) is 0.714. The van der Waals surface area contributed by atoms with E-state index < -0.39 is 24.1 Å². The average molecular weight is 158 g/mol. The number of ketones is 1. The molecule has 4 heteroatoms. The topological polar surface area (TPSA) is 63.6 Å². The largest absolute Gasteiger partial charge is 0.459 e. The van der Waals surface area contributed by atoms with Crippen LogP contribution in [0, 0.1) is 5.92 Å². The number of esters is 1. The molecule has 1 aliphatic rings. The predicted octanol–water partition coefficient (Wildman–Crippen LogP) is -0.502. The molecule has 1 rings (SSSR count). The van der Waals surface area contributed by atoms with Crippen molar-refractivity contribution >= 4 is 11.8 Å². The summed E-state index contributed by atoms with van der Waals surface area (Å²) in [4.78, 5) is 21.6. The summed E-state index contributed by atoms with van der Waals surface area (Å²) in [6, 6.07) is 0. The van der Waals surface area contributed by atoms with E-state index in [2.05, 4.69) is 4.74 Å². The van der Waals surface area contributed by atoms with E-state index in [1.54, 1.807) is 6.92 Å². The monoisotopic (exact) mass is 158 g/mol. The third kappa shape index (κ3) is 1.26. The molecule has 11 heavy (non-hydrogen) atoms. The van der Waals surface area contributed by atoms with Crippen molar-refractivity contribution in [3.63, 3.8) is 0 Å². The first kappa shape index (κ1) is 8.20. The number of aliphatic hydroxyl groups excluding tert-OH is 1. The molecule has 62 valence electrons. The fourth-order valence-electron chi connectivity index (χ4n) is 1.14. The highest BCUT2D eigenvalue weighted by Crippen LogP contribution is 2.21. The minimum Gasteiger partial charge on any atom is -0.459 e. The van der Waals surface area contributed by atoms with Crippen molar-refractivity contribution in [2.75, 3.05) is 0 Å². The minimum atomic E-state index is -0.972. The van der Waals surface area contributed by atoms with Crippen molar-refractivity contribution in [1.82, 2.24) is 0 Å². The van der Waals surface area contributed by atoms with Crippen LogP contribution in [0.25, 0.3) is 0 Å². The molecule has 0 aromatic heterocycles. The van der Waals surface area contributed by atoms with Crippen LogP contribution in [0.15, 0.2) is 0 Å². The van der Waals surface area contributed by atoms with Gasteiger partial charge in [0.15, 0.2) is 0 Å². The smallest absolute Gasteiger partial charge is 0.319 e. The highest BCUT2D eigenvalue weighted by Gasteiger charge is 2.43. The molecule has 0 bridgehead atoms. The molecular formula is C7H10O4. The normalized spacial score (nSPS) is 37.0. The molecule has 0 spiro atoms. The Morgan fingerprint density at radius 3 is 2.36 bits per heavy atom. The van der Waals surface area contributed by atoms with Gasteiger partial charge in [-0.25, -0.2) is 0 Å². The van der Waals surface area contributed by atoms with Gasteiger partial charge in [-0.3, -0.25) is 9.59 Å². The van der Waals surface area contributed by atoms with Crippen LogP contribution in [-0.2, 0) is 14.3 Å². The maximum atomic E-state index is 10.8. The molecule has 0 radical (unpaired) electrons. The maximum Gasteiger partial charge on any atom is 0.319 e. The van der Waals surface area contributed by atoms with Crippen molar-refractivity contribution in [3.05, 3.63) is 0 Å². The molecule has 0 aromatic rings. The zero-order valence-corrected chi connectivity index (χ0v) is 6.40. The summed E-state index contributed by atoms with van der Waals surface area (Å²) in [6.07, 6.45) is -1.53. The fourth-order valence-corrected chi connectivity index (χ4v) is 1.14. The molecule has 1 aliphatic heterocycles. The van der Waals surface area contributed by atoms with Gasteiger partial charge < -0.3 is 9.84 Å². The number of rotatable bonds is 1. The van der Waals surface area contributed by atoms with E-state index in [0.717, 1.165) is 0 Å². The van der Waals surface area contributed by atoms with E-state index in [9.17, 15) is 14.7 Å². The van der Waals surface area contributed by atoms with Gasteiger partial charge in [0.2, 0.25) is 0 Å². The SMILES string of the molecule is CC(=O)C1C(=O)O[C@@H](C)C1O. The molecule has 2 unspecified atom stereocenters. The van der Waals surface area contributed by atoms with Gasteiger partial charge in [-0.05, 0) is 13.8 Å². The number of carbonyl (C=O) groups is 2. The Morgan fingerprint density at radius 2 is 2.18 bits per heavy atom. The van der Waals surface area contributed by atoms with E-state index >= 15 is 0 Å². The van der Waals surface area contributed by atoms with Crippen LogP contribution in [0.5, 0.6) is 0 Å². The molecule has 0 saturated carbocycles. The lowest BCUT2D eigenvalue weighted by atomic mass is 9.98. The lowest BCUT2D eigenvalue weighted by Gasteiger charge is -2.07. The predicted molar refractivity (Wildman–Crippen MR) is 35.7 cm³/mol. The summed E-state index contributed by atoms with van der Waals surface area (Å²) in [6.45, 7) is 2.83. The Morgan fingerprint density at radius 1 is 1.64 bits per heavy atom. The highest BCUT2D eigenvalue weighted by atomic mass is 16.6. The first-order valence-electron chi connectivity index (χ1n) is 3.43. The summed E-state index contributed by atoms with van der Waals surface area (Å²) in [5, 5.41) is 9.23. The van der Waals surface area contributed by atoms with Gasteiger partial charge in [0.05, 0.1) is 0 Å². The number of cyclic esters (lactones) is 1. The van der Waals surface area contributed by atoms with Gasteiger partial charge in [0.25, 0.3) is 0 Å². The van der Waals surface area contributed by atoms with Crippen LogP contribution in [0.4, 0.5) is 0 Å². The molecular weight excluding hydrogens is 148 g/mol. The zero-order valence-electron chi connectivity index (χ0n) is 6.40. The van der Waals surface area contributed by atoms with E-state index in [1.165, 1.54) is 6.92 Å². The Kier molecular flexibility index (Phi) is 1.95. The van der Waals surface area contributed by atoms with E-state index in [-0.39, 0.29) is 5.78 Å². The molecule has 0 amide bonds. The standard InChI is InChI=1S/C7H10O4/c1-3(8)5-6(9)4(2)11-7(5)10/h4-6,9H,1-2H3/t4-,5?,6?/m0/s1. The molecule has 0 aliphatic carbocycles. The second-order valence-electron chi connectivity index (χ2n) is 2.72. The lowest BCUT2D eigenvalue weighted by Crippen LogP contribution is -2.29. The number of ether oxygens (including phenoxy) is 1. The summed E-state index contributed by atoms with van der Waals surface area (Å²) in [7, 11) is 0. The van der Waals surface area contributed by atoms with Gasteiger partial charge in [-0.15, -0.1) is 0 Å². The highest BCUT2D eigenvalue weighted by molar-refractivity contribution is 5.99. The van der Waals surface area contributed by atoms with Crippen molar-refractivity contribution in [1.29, 1.82) is 0 Å². The van der Waals surface area contributed by atoms with Crippen LogP contribution in [0.2, 0.25) is 0 Å². The van der Waals surface area contributed by atoms with Gasteiger partial charge in [0, 0.05) is 0 Å². The van der Waals surface area contributed by atoms with E-state index in [0.29, 0.717) is 0 Å². The van der Waals surface area contributed by atoms with Crippen molar-refractivity contribution < 1.29 is 19.4 Å². The first-order valence-corrected chi connectivity index (χ1v) is 3.43. The third-order valence-corrected chi connectivity index (χ3v) is 1.82. The molecule has 3 atom stereocenters. The lowest BCUT2D eigenvalue weighted by molar-refractivity contribution is -0.146. The van der Waals surface area contributed by atoms with Crippen LogP contribution >= 0.6 is 0 Å². The molecule has 0 aromatic carbocycles. The number of carbonyl (C=O) groups excluding carboxylic acids is 2. The van der Waals surface area contributed by atoms with E-state index in [1.807, 2.05) is 0 Å². The number of hydrogen-bond acceptors (Lipinski definition) is 4. The van der Waals surface area contributed by atoms with E-state index in [4.69, 9.17) is 0 Å². The Balaban J connectivity index is 2.79. The number of hydrogen-bond donors (Lipinski definition) is 1. The number of Topliss-reactive ketones (excluding diaryl/α,β-unsaturated/α-hetero) is 1. The second-order valence-corrected chi connectivity index (χ2v) is 2.72. The second kappa shape index (κ2) is 2.62. The third-order valence-electron chi connectivity index (χ3n) is 1.82. The quantitative estimate of drug-likeness (QED) is 0.412. The van der Waals surface area contributed by atoms with Crippen molar-refractivity contribution in [2.24, 2.45) is 5.92 Å². The van der Waals surface area contributed by atoms with Gasteiger partial charge in [0.1, 0.15) is 23.9 Å². The minimum absolute atomic E-state index is 0.341. The molecule has 1 N–H and O–H groups in total. The zero-order chi connectivity index (χ0) is 8.59. The van der Waals surface area contributed by atoms with Gasteiger partial charge >= 0.3 is 5.97 Å². The van der Waals surface area contributed by atoms with Crippen LogP contribution in [0.3, 0.4) is 0 Å². The van der Waals surface area contributed by atoms with Gasteiger partial charge in [-0.2, -0.15) is 0 Å². The van der Waals surface area contributed by atoms with Crippen LogP contribution in [0.1, 0.15) is 13.8 Å². The van der Waals surface area contributed by atoms with Crippen LogP contribution < -0.4 is 0 Å². The summed E-state index contributed by atoms with van der Waals surface area (Å²) in [5.74, 6) is -1.92. The van der Waals surface area contributed by atoms with Gasteiger partial charge in [-0.1, -0.05) is 0 Å². The first-order chi connectivity index (χ1) is 5.04. The van der Waals surface area contributed by atoms with Crippen molar-refractivity contribution in [2.45, 2.75) is 26.1 Å². The summed E-state index contributed by atoms with van der Waals surface area (Å²) < 4.78 is 4.64. The molecule has 1 saturated heterocycles. The summed E-state index contributed by atoms with van der Waals surface area (Å²) in [5.41, 5.74) is 0. The Bertz CT molecular complexity index is 199. The van der Waals surface area contributed by atoms with Crippen LogP contribution in [-0.4, -0.2) is 29.1 Å². The van der Waals surface area contributed by atoms with Crippen molar-refractivity contribution in [3.8, 4) is 0 Å². The Labute approximate surface area is 64.2 Å². The summed E-state index contributed by atoms with van der Waals surface area (Å²) >= 11 is 0. The molecule has 1 heterocycles. The molecule has 1 fully saturated rings. The maximum absolute atomic E-state index is 10.8. The number of aliphatic hydroxyl groups is 1. The Hall–Kier alpha value is -0.900.